The minimum absolute atomic E-state index is 0.0294. The number of imidazole rings is 1. The summed E-state index contributed by atoms with van der Waals surface area (Å²) in [6, 6.07) is -0.0294. The zero-order valence-electron chi connectivity index (χ0n) is 11.1. The van der Waals surface area contributed by atoms with E-state index in [0.717, 1.165) is 5.82 Å². The fourth-order valence-corrected chi connectivity index (χ4v) is 2.71. The van der Waals surface area contributed by atoms with Crippen LogP contribution in [0.2, 0.25) is 0 Å². The van der Waals surface area contributed by atoms with Crippen LogP contribution in [0.1, 0.15) is 63.7 Å². The summed E-state index contributed by atoms with van der Waals surface area (Å²) in [5.41, 5.74) is 0. The lowest BCUT2D eigenvalue weighted by Crippen LogP contribution is -2.29. The SMILES string of the molecule is CC(NC(=O)CC1CCCCCC1)c1ncc[nH]1. The highest BCUT2D eigenvalue weighted by Gasteiger charge is 2.18. The third-order valence-electron chi connectivity index (χ3n) is 3.76. The van der Waals surface area contributed by atoms with Gasteiger partial charge in [-0.1, -0.05) is 25.7 Å². The van der Waals surface area contributed by atoms with E-state index >= 15 is 0 Å². The Morgan fingerprint density at radius 2 is 2.17 bits per heavy atom. The molecular formula is C14H23N3O. The zero-order chi connectivity index (χ0) is 12.8. The third-order valence-corrected chi connectivity index (χ3v) is 3.76. The highest BCUT2D eigenvalue weighted by molar-refractivity contribution is 5.76. The number of carbonyl (C=O) groups is 1. The van der Waals surface area contributed by atoms with Gasteiger partial charge in [-0.15, -0.1) is 0 Å². The molecule has 1 aromatic heterocycles. The monoisotopic (exact) mass is 249 g/mol. The molecule has 1 aliphatic rings. The van der Waals surface area contributed by atoms with E-state index in [1.807, 2.05) is 6.92 Å². The summed E-state index contributed by atoms with van der Waals surface area (Å²) in [7, 11) is 0. The minimum Gasteiger partial charge on any atom is -0.347 e. The summed E-state index contributed by atoms with van der Waals surface area (Å²) in [5, 5.41) is 3.02. The van der Waals surface area contributed by atoms with Crippen molar-refractivity contribution in [1.29, 1.82) is 0 Å². The molecule has 4 nitrogen and oxygen atoms in total. The van der Waals surface area contributed by atoms with Gasteiger partial charge in [0.05, 0.1) is 6.04 Å². The number of hydrogen-bond acceptors (Lipinski definition) is 2. The van der Waals surface area contributed by atoms with Crippen LogP contribution in [0, 0.1) is 5.92 Å². The van der Waals surface area contributed by atoms with Crippen molar-refractivity contribution < 1.29 is 4.79 Å². The van der Waals surface area contributed by atoms with Gasteiger partial charge in [-0.2, -0.15) is 0 Å². The molecule has 1 aromatic rings. The summed E-state index contributed by atoms with van der Waals surface area (Å²) in [6.07, 6.45) is 11.8. The fraction of sp³-hybridized carbons (Fsp3) is 0.714. The van der Waals surface area contributed by atoms with Crippen molar-refractivity contribution in [3.63, 3.8) is 0 Å². The lowest BCUT2D eigenvalue weighted by atomic mass is 9.96. The van der Waals surface area contributed by atoms with E-state index < -0.39 is 0 Å². The maximum Gasteiger partial charge on any atom is 0.220 e. The second-order valence-corrected chi connectivity index (χ2v) is 5.33. The van der Waals surface area contributed by atoms with Crippen LogP contribution in [-0.4, -0.2) is 15.9 Å². The molecule has 0 aromatic carbocycles. The molecule has 0 aliphatic heterocycles. The molecule has 1 saturated carbocycles. The highest BCUT2D eigenvalue weighted by atomic mass is 16.1. The number of carbonyl (C=O) groups excluding carboxylic acids is 1. The maximum atomic E-state index is 12.0. The van der Waals surface area contributed by atoms with Gasteiger partial charge in [0.15, 0.2) is 0 Å². The molecule has 0 radical (unpaired) electrons. The Hall–Kier alpha value is -1.32. The molecule has 4 heteroatoms. The number of aromatic nitrogens is 2. The quantitative estimate of drug-likeness (QED) is 0.806. The van der Waals surface area contributed by atoms with E-state index in [4.69, 9.17) is 0 Å². The fourth-order valence-electron chi connectivity index (χ4n) is 2.71. The maximum absolute atomic E-state index is 12.0. The van der Waals surface area contributed by atoms with Gasteiger partial charge >= 0.3 is 0 Å². The second kappa shape index (κ2) is 6.57. The van der Waals surface area contributed by atoms with Crippen molar-refractivity contribution in [3.05, 3.63) is 18.2 Å². The molecule has 100 valence electrons. The standard InChI is InChI=1S/C14H23N3O/c1-11(14-15-8-9-16-14)17-13(18)10-12-6-4-2-3-5-7-12/h8-9,11-12H,2-7,10H2,1H3,(H,15,16)(H,17,18). The Morgan fingerprint density at radius 3 is 2.78 bits per heavy atom. The first-order valence-corrected chi connectivity index (χ1v) is 7.04. The summed E-state index contributed by atoms with van der Waals surface area (Å²) in [4.78, 5) is 19.2. The molecule has 1 amide bonds. The first-order valence-electron chi connectivity index (χ1n) is 7.04. The average molecular weight is 249 g/mol. The van der Waals surface area contributed by atoms with Crippen molar-refractivity contribution in [3.8, 4) is 0 Å². The molecule has 1 fully saturated rings. The molecule has 2 rings (SSSR count). The molecule has 1 atom stereocenters. The van der Waals surface area contributed by atoms with Crippen LogP contribution in [0.4, 0.5) is 0 Å². The third kappa shape index (κ3) is 3.86. The molecule has 1 heterocycles. The number of H-pyrrole nitrogens is 1. The number of nitrogens with zero attached hydrogens (tertiary/aromatic N) is 1. The van der Waals surface area contributed by atoms with Crippen LogP contribution in [0.25, 0.3) is 0 Å². The predicted octanol–water partition coefficient (Wildman–Crippen LogP) is 2.95. The number of hydrogen-bond donors (Lipinski definition) is 2. The van der Waals surface area contributed by atoms with Crippen molar-refractivity contribution in [2.75, 3.05) is 0 Å². The lowest BCUT2D eigenvalue weighted by molar-refractivity contribution is -0.122. The van der Waals surface area contributed by atoms with E-state index in [1.54, 1.807) is 12.4 Å². The van der Waals surface area contributed by atoms with E-state index in [1.165, 1.54) is 38.5 Å². The smallest absolute Gasteiger partial charge is 0.220 e. The normalized spacial score (nSPS) is 19.2. The lowest BCUT2D eigenvalue weighted by Gasteiger charge is -2.16. The Balaban J connectivity index is 1.77. The minimum atomic E-state index is -0.0294. The molecule has 0 bridgehead atoms. The molecule has 0 spiro atoms. The van der Waals surface area contributed by atoms with Crippen molar-refractivity contribution >= 4 is 5.91 Å². The first-order chi connectivity index (χ1) is 8.75. The molecule has 2 N–H and O–H groups in total. The second-order valence-electron chi connectivity index (χ2n) is 5.33. The van der Waals surface area contributed by atoms with Crippen LogP contribution in [0.15, 0.2) is 12.4 Å². The molecule has 1 unspecified atom stereocenters. The Labute approximate surface area is 109 Å². The van der Waals surface area contributed by atoms with Crippen molar-refractivity contribution in [1.82, 2.24) is 15.3 Å². The van der Waals surface area contributed by atoms with Gasteiger partial charge in [-0.3, -0.25) is 4.79 Å². The number of amides is 1. The molecule has 0 saturated heterocycles. The van der Waals surface area contributed by atoms with E-state index in [0.29, 0.717) is 12.3 Å². The predicted molar refractivity (Wildman–Crippen MR) is 71.0 cm³/mol. The van der Waals surface area contributed by atoms with Gasteiger partial charge in [-0.05, 0) is 25.7 Å². The van der Waals surface area contributed by atoms with Crippen LogP contribution in [0.5, 0.6) is 0 Å². The molecule has 18 heavy (non-hydrogen) atoms. The first kappa shape index (κ1) is 13.1. The average Bonchev–Trinajstić information content (AvgIpc) is 2.76. The summed E-state index contributed by atoms with van der Waals surface area (Å²) >= 11 is 0. The van der Waals surface area contributed by atoms with Gasteiger partial charge < -0.3 is 10.3 Å². The van der Waals surface area contributed by atoms with Gasteiger partial charge in [0.2, 0.25) is 5.91 Å². The van der Waals surface area contributed by atoms with Gasteiger partial charge in [0, 0.05) is 18.8 Å². The number of rotatable bonds is 4. The van der Waals surface area contributed by atoms with Crippen LogP contribution in [-0.2, 0) is 4.79 Å². The highest BCUT2D eigenvalue weighted by Crippen LogP contribution is 2.25. The van der Waals surface area contributed by atoms with E-state index in [-0.39, 0.29) is 11.9 Å². The van der Waals surface area contributed by atoms with E-state index in [2.05, 4.69) is 15.3 Å². The summed E-state index contributed by atoms with van der Waals surface area (Å²) in [5.74, 6) is 1.56. The summed E-state index contributed by atoms with van der Waals surface area (Å²) in [6.45, 7) is 1.96. The topological polar surface area (TPSA) is 57.8 Å². The van der Waals surface area contributed by atoms with Crippen LogP contribution < -0.4 is 5.32 Å². The number of aromatic amines is 1. The largest absolute Gasteiger partial charge is 0.347 e. The van der Waals surface area contributed by atoms with E-state index in [9.17, 15) is 4.79 Å². The van der Waals surface area contributed by atoms with Crippen LogP contribution in [0.3, 0.4) is 0 Å². The van der Waals surface area contributed by atoms with Gasteiger partial charge in [-0.25, -0.2) is 4.98 Å². The zero-order valence-corrected chi connectivity index (χ0v) is 11.1. The Morgan fingerprint density at radius 1 is 1.44 bits per heavy atom. The van der Waals surface area contributed by atoms with Gasteiger partial charge in [0.1, 0.15) is 5.82 Å². The Kier molecular flexibility index (Phi) is 4.79. The Bertz CT molecular complexity index is 353. The van der Waals surface area contributed by atoms with Crippen molar-refractivity contribution in [2.45, 2.75) is 57.9 Å². The molecular weight excluding hydrogens is 226 g/mol. The van der Waals surface area contributed by atoms with Crippen molar-refractivity contribution in [2.24, 2.45) is 5.92 Å². The van der Waals surface area contributed by atoms with Gasteiger partial charge in [0.25, 0.3) is 0 Å². The molecule has 1 aliphatic carbocycles. The van der Waals surface area contributed by atoms with Crippen LogP contribution >= 0.6 is 0 Å². The number of nitrogens with one attached hydrogen (secondary N) is 2. The summed E-state index contributed by atoms with van der Waals surface area (Å²) < 4.78 is 0.